The summed E-state index contributed by atoms with van der Waals surface area (Å²) in [6.07, 6.45) is 1.51. The number of thioether (sulfide) groups is 1. The second-order valence-electron chi connectivity index (χ2n) is 6.07. The number of rotatable bonds is 5. The monoisotopic (exact) mass is 442 g/mol. The molecule has 0 aliphatic carbocycles. The molecule has 0 aliphatic rings. The molecule has 160 valence electrons. The van der Waals surface area contributed by atoms with Gasteiger partial charge in [-0.1, -0.05) is 55.9 Å². The first-order valence-electron chi connectivity index (χ1n) is 9.49. The molecule has 4 aromatic rings. The zero-order chi connectivity index (χ0) is 22.4. The molecule has 0 unspecified atom stereocenters. The molecule has 0 radical (unpaired) electrons. The van der Waals surface area contributed by atoms with E-state index < -0.39 is 17.2 Å². The Hall–Kier alpha value is -3.46. The fourth-order valence-corrected chi connectivity index (χ4v) is 3.39. The third-order valence-corrected chi connectivity index (χ3v) is 4.98. The maximum atomic E-state index is 13.8. The summed E-state index contributed by atoms with van der Waals surface area (Å²) in [4.78, 5) is 21.1. The summed E-state index contributed by atoms with van der Waals surface area (Å²) >= 11 is 1.40. The van der Waals surface area contributed by atoms with Crippen molar-refractivity contribution in [2.24, 2.45) is 0 Å². The summed E-state index contributed by atoms with van der Waals surface area (Å²) in [7, 11) is 0. The molecule has 9 heteroatoms. The zero-order valence-corrected chi connectivity index (χ0v) is 17.7. The third-order valence-electron chi connectivity index (χ3n) is 4.04. The van der Waals surface area contributed by atoms with Crippen LogP contribution in [0.2, 0.25) is 0 Å². The predicted molar refractivity (Wildman–Crippen MR) is 118 cm³/mol. The van der Waals surface area contributed by atoms with E-state index in [9.17, 15) is 13.6 Å². The average molecular weight is 442 g/mol. The SMILES string of the molecule is CC.Nn1c(=O)c(Oc2ccc(F)cc2F)cc2cnc(SCc3ccccc3)nc21. The van der Waals surface area contributed by atoms with Crippen LogP contribution in [0.25, 0.3) is 11.0 Å². The highest BCUT2D eigenvalue weighted by Crippen LogP contribution is 2.26. The van der Waals surface area contributed by atoms with Crippen LogP contribution in [0.4, 0.5) is 8.78 Å². The molecule has 2 aromatic heterocycles. The normalized spacial score (nSPS) is 10.5. The van der Waals surface area contributed by atoms with Gasteiger partial charge in [0, 0.05) is 23.4 Å². The van der Waals surface area contributed by atoms with Gasteiger partial charge < -0.3 is 10.6 Å². The first-order chi connectivity index (χ1) is 15.0. The Kier molecular flexibility index (Phi) is 7.19. The topological polar surface area (TPSA) is 83.0 Å². The van der Waals surface area contributed by atoms with Crippen LogP contribution in [0.5, 0.6) is 11.5 Å². The number of aromatic nitrogens is 3. The number of fused-ring (bicyclic) bond motifs is 1. The average Bonchev–Trinajstić information content (AvgIpc) is 2.80. The van der Waals surface area contributed by atoms with Crippen LogP contribution in [0.3, 0.4) is 0 Å². The second-order valence-corrected chi connectivity index (χ2v) is 7.01. The largest absolute Gasteiger partial charge is 0.448 e. The molecule has 0 bridgehead atoms. The molecule has 6 nitrogen and oxygen atoms in total. The van der Waals surface area contributed by atoms with Gasteiger partial charge in [-0.15, -0.1) is 0 Å². The van der Waals surface area contributed by atoms with Crippen LogP contribution in [0.15, 0.2) is 70.7 Å². The van der Waals surface area contributed by atoms with Gasteiger partial charge in [-0.25, -0.2) is 23.4 Å². The predicted octanol–water partition coefficient (Wildman–Crippen LogP) is 4.89. The van der Waals surface area contributed by atoms with Gasteiger partial charge in [0.2, 0.25) is 0 Å². The van der Waals surface area contributed by atoms with Gasteiger partial charge in [0.1, 0.15) is 5.82 Å². The Morgan fingerprint density at radius 2 is 1.81 bits per heavy atom. The Bertz CT molecular complexity index is 1250. The molecule has 4 rings (SSSR count). The summed E-state index contributed by atoms with van der Waals surface area (Å²) in [5.41, 5.74) is 0.614. The highest BCUT2D eigenvalue weighted by molar-refractivity contribution is 7.98. The molecule has 0 spiro atoms. The number of pyridine rings is 1. The van der Waals surface area contributed by atoms with Gasteiger partial charge in [-0.2, -0.15) is 0 Å². The first kappa shape index (κ1) is 22.2. The quantitative estimate of drug-likeness (QED) is 0.269. The van der Waals surface area contributed by atoms with E-state index in [0.29, 0.717) is 22.4 Å². The molecule has 0 aliphatic heterocycles. The molecule has 0 amide bonds. The van der Waals surface area contributed by atoms with E-state index in [0.717, 1.165) is 22.4 Å². The van der Waals surface area contributed by atoms with Crippen molar-refractivity contribution in [1.82, 2.24) is 14.6 Å². The lowest BCUT2D eigenvalue weighted by Crippen LogP contribution is -2.28. The smallest absolute Gasteiger partial charge is 0.313 e. The Morgan fingerprint density at radius 1 is 1.06 bits per heavy atom. The lowest BCUT2D eigenvalue weighted by molar-refractivity contribution is 0.431. The Balaban J connectivity index is 0.00000132. The van der Waals surface area contributed by atoms with Crippen molar-refractivity contribution < 1.29 is 13.5 Å². The minimum atomic E-state index is -0.933. The van der Waals surface area contributed by atoms with Crippen LogP contribution in [0.1, 0.15) is 19.4 Å². The molecule has 0 saturated heterocycles. The number of benzene rings is 2. The standard InChI is InChI=1S/C20H14F2N4O2S.C2H6/c21-14-6-7-16(15(22)9-14)28-17-8-13-10-24-20(25-18(13)26(23)19(17)27)29-11-12-4-2-1-3-5-12;1-2/h1-10H,11,23H2;1-2H3. The second kappa shape index (κ2) is 10.0. The van der Waals surface area contributed by atoms with Crippen molar-refractivity contribution in [2.75, 3.05) is 5.84 Å². The fraction of sp³-hybridized carbons (Fsp3) is 0.136. The van der Waals surface area contributed by atoms with Crippen molar-refractivity contribution in [3.63, 3.8) is 0 Å². The minimum Gasteiger partial charge on any atom is -0.448 e. The van der Waals surface area contributed by atoms with Gasteiger partial charge >= 0.3 is 5.56 Å². The molecule has 2 aromatic carbocycles. The number of nitrogens with zero attached hydrogens (tertiary/aromatic N) is 3. The number of nitrogen functional groups attached to an aromatic ring is 1. The zero-order valence-electron chi connectivity index (χ0n) is 16.9. The van der Waals surface area contributed by atoms with E-state index in [1.54, 1.807) is 0 Å². The lowest BCUT2D eigenvalue weighted by atomic mass is 10.2. The number of halogens is 2. The highest BCUT2D eigenvalue weighted by Gasteiger charge is 2.14. The molecule has 31 heavy (non-hydrogen) atoms. The summed E-state index contributed by atoms with van der Waals surface area (Å²) < 4.78 is 33.0. The molecule has 2 heterocycles. The van der Waals surface area contributed by atoms with E-state index in [4.69, 9.17) is 10.6 Å². The Morgan fingerprint density at radius 3 is 2.52 bits per heavy atom. The number of hydrogen-bond donors (Lipinski definition) is 1. The highest BCUT2D eigenvalue weighted by atomic mass is 32.2. The van der Waals surface area contributed by atoms with Crippen LogP contribution in [-0.4, -0.2) is 14.6 Å². The van der Waals surface area contributed by atoms with Crippen LogP contribution in [-0.2, 0) is 5.75 Å². The first-order valence-corrected chi connectivity index (χ1v) is 10.5. The third kappa shape index (κ3) is 5.18. The molecular weight excluding hydrogens is 422 g/mol. The minimum absolute atomic E-state index is 0.215. The van der Waals surface area contributed by atoms with Crippen LogP contribution in [0, 0.1) is 11.6 Å². The van der Waals surface area contributed by atoms with Crippen molar-refractivity contribution in [3.05, 3.63) is 88.3 Å². The van der Waals surface area contributed by atoms with Gasteiger partial charge in [-0.3, -0.25) is 4.79 Å². The fourth-order valence-electron chi connectivity index (χ4n) is 2.62. The van der Waals surface area contributed by atoms with E-state index >= 15 is 0 Å². The molecule has 0 saturated carbocycles. The van der Waals surface area contributed by atoms with Gasteiger partial charge in [0.05, 0.1) is 0 Å². The number of hydrogen-bond acceptors (Lipinski definition) is 6. The Labute approximate surface area is 181 Å². The van der Waals surface area contributed by atoms with E-state index in [2.05, 4.69) is 9.97 Å². The lowest BCUT2D eigenvalue weighted by Gasteiger charge is -2.10. The molecular formula is C22H20F2N4O2S. The number of nitrogens with two attached hydrogens (primary N) is 1. The van der Waals surface area contributed by atoms with Crippen molar-refractivity contribution in [1.29, 1.82) is 0 Å². The molecule has 0 atom stereocenters. The van der Waals surface area contributed by atoms with Gasteiger partial charge in [0.25, 0.3) is 0 Å². The summed E-state index contributed by atoms with van der Waals surface area (Å²) in [5.74, 6) is 4.34. The summed E-state index contributed by atoms with van der Waals surface area (Å²) in [5, 5.41) is 0.895. The van der Waals surface area contributed by atoms with Crippen LogP contribution >= 0.6 is 11.8 Å². The maximum absolute atomic E-state index is 13.8. The number of ether oxygens (including phenoxy) is 1. The van der Waals surface area contributed by atoms with Crippen molar-refractivity contribution in [3.8, 4) is 11.5 Å². The summed E-state index contributed by atoms with van der Waals surface area (Å²) in [6.45, 7) is 4.00. The van der Waals surface area contributed by atoms with Gasteiger partial charge in [-0.05, 0) is 23.8 Å². The van der Waals surface area contributed by atoms with Crippen molar-refractivity contribution >= 4 is 22.8 Å². The van der Waals surface area contributed by atoms with E-state index in [-0.39, 0.29) is 17.1 Å². The maximum Gasteiger partial charge on any atom is 0.313 e. The van der Waals surface area contributed by atoms with Gasteiger partial charge in [0.15, 0.2) is 28.1 Å². The van der Waals surface area contributed by atoms with E-state index in [1.807, 2.05) is 44.2 Å². The molecule has 2 N–H and O–H groups in total. The van der Waals surface area contributed by atoms with Crippen LogP contribution < -0.4 is 16.1 Å². The van der Waals surface area contributed by atoms with Crippen molar-refractivity contribution in [2.45, 2.75) is 24.8 Å². The summed E-state index contributed by atoms with van der Waals surface area (Å²) in [6, 6.07) is 14.0. The molecule has 0 fully saturated rings. The van der Waals surface area contributed by atoms with E-state index in [1.165, 1.54) is 24.0 Å².